The smallest absolute Gasteiger partial charge is 0.238 e. The van der Waals surface area contributed by atoms with E-state index in [1.807, 2.05) is 0 Å². The Morgan fingerprint density at radius 2 is 2.00 bits per heavy atom. The number of aliphatic hydroxyl groups is 1. The Morgan fingerprint density at radius 3 is 2.67 bits per heavy atom. The summed E-state index contributed by atoms with van der Waals surface area (Å²) in [6.45, 7) is 1.40. The van der Waals surface area contributed by atoms with Crippen LogP contribution in [0.3, 0.4) is 0 Å². The molecule has 0 aromatic heterocycles. The first-order valence-electron chi connectivity index (χ1n) is 5.67. The predicted octanol–water partition coefficient (Wildman–Crippen LogP) is 0.363. The van der Waals surface area contributed by atoms with Gasteiger partial charge in [0, 0.05) is 12.2 Å². The number of carbonyl (C=O) groups is 1. The molecule has 0 spiro atoms. The third-order valence-corrected chi connectivity index (χ3v) is 2.07. The lowest BCUT2D eigenvalue weighted by atomic mass is 10.3. The van der Waals surface area contributed by atoms with Gasteiger partial charge in [0.2, 0.25) is 5.91 Å². The summed E-state index contributed by atoms with van der Waals surface area (Å²) >= 11 is 0. The van der Waals surface area contributed by atoms with Crippen molar-refractivity contribution in [3.63, 3.8) is 0 Å². The van der Waals surface area contributed by atoms with Crippen molar-refractivity contribution in [2.45, 2.75) is 0 Å². The number of hydrogen-bond donors (Lipinski definition) is 3. The van der Waals surface area contributed by atoms with Gasteiger partial charge >= 0.3 is 0 Å². The van der Waals surface area contributed by atoms with Crippen LogP contribution in [0, 0.1) is 5.82 Å². The van der Waals surface area contributed by atoms with E-state index in [0.29, 0.717) is 25.4 Å². The number of hydrogen-bond acceptors (Lipinski definition) is 4. The molecule has 100 valence electrons. The van der Waals surface area contributed by atoms with Crippen LogP contribution in [0.5, 0.6) is 0 Å². The molecule has 5 nitrogen and oxygen atoms in total. The minimum absolute atomic E-state index is 0.00888. The minimum Gasteiger partial charge on any atom is -0.394 e. The number of amides is 1. The molecular formula is C12H17FN2O3. The molecule has 0 saturated carbocycles. The van der Waals surface area contributed by atoms with Crippen LogP contribution in [0.25, 0.3) is 0 Å². The Balaban J connectivity index is 2.12. The predicted molar refractivity (Wildman–Crippen MR) is 65.8 cm³/mol. The van der Waals surface area contributed by atoms with Crippen LogP contribution in [0.4, 0.5) is 10.1 Å². The molecule has 0 saturated heterocycles. The molecule has 6 heteroatoms. The number of ether oxygens (including phenoxy) is 1. The molecular weight excluding hydrogens is 239 g/mol. The second-order valence-electron chi connectivity index (χ2n) is 3.57. The normalized spacial score (nSPS) is 10.3. The first-order chi connectivity index (χ1) is 8.72. The van der Waals surface area contributed by atoms with Crippen molar-refractivity contribution in [3.05, 3.63) is 30.1 Å². The number of nitrogens with one attached hydrogen (secondary N) is 2. The van der Waals surface area contributed by atoms with Crippen LogP contribution in [0.2, 0.25) is 0 Å². The summed E-state index contributed by atoms with van der Waals surface area (Å²) in [5, 5.41) is 14.0. The second kappa shape index (κ2) is 8.57. The quantitative estimate of drug-likeness (QED) is 0.587. The second-order valence-corrected chi connectivity index (χ2v) is 3.57. The molecule has 0 radical (unpaired) electrons. The number of anilines is 1. The van der Waals surface area contributed by atoms with Crippen LogP contribution in [0.15, 0.2) is 24.3 Å². The van der Waals surface area contributed by atoms with Crippen LogP contribution in [-0.4, -0.2) is 43.9 Å². The van der Waals surface area contributed by atoms with Gasteiger partial charge < -0.3 is 20.5 Å². The number of carbonyl (C=O) groups excluding carboxylic acids is 1. The third kappa shape index (κ3) is 6.29. The van der Waals surface area contributed by atoms with Gasteiger partial charge in [0.25, 0.3) is 0 Å². The summed E-state index contributed by atoms with van der Waals surface area (Å²) in [6, 6.07) is 5.56. The lowest BCUT2D eigenvalue weighted by Crippen LogP contribution is -2.30. The molecule has 1 aromatic rings. The fourth-order valence-corrected chi connectivity index (χ4v) is 1.25. The molecule has 1 aromatic carbocycles. The molecule has 1 amide bonds. The zero-order chi connectivity index (χ0) is 13.2. The molecule has 0 aliphatic rings. The van der Waals surface area contributed by atoms with Crippen LogP contribution >= 0.6 is 0 Å². The molecule has 0 aliphatic heterocycles. The van der Waals surface area contributed by atoms with E-state index in [-0.39, 0.29) is 24.9 Å². The van der Waals surface area contributed by atoms with Gasteiger partial charge in [-0.25, -0.2) is 4.39 Å². The molecule has 0 unspecified atom stereocenters. The van der Waals surface area contributed by atoms with E-state index in [2.05, 4.69) is 10.6 Å². The highest BCUT2D eigenvalue weighted by molar-refractivity contribution is 5.92. The molecule has 0 bridgehead atoms. The Bertz CT molecular complexity index is 357. The SMILES string of the molecule is O=C(CNCCOCCO)Nc1ccc(F)cc1. The van der Waals surface area contributed by atoms with Crippen LogP contribution in [-0.2, 0) is 9.53 Å². The Labute approximate surface area is 105 Å². The largest absolute Gasteiger partial charge is 0.394 e. The minimum atomic E-state index is -0.341. The van der Waals surface area contributed by atoms with E-state index in [1.54, 1.807) is 0 Å². The van der Waals surface area contributed by atoms with Crippen molar-refractivity contribution in [1.29, 1.82) is 0 Å². The van der Waals surface area contributed by atoms with E-state index in [0.717, 1.165) is 0 Å². The Morgan fingerprint density at radius 1 is 1.28 bits per heavy atom. The van der Waals surface area contributed by atoms with Gasteiger partial charge in [0.15, 0.2) is 0 Å². The molecule has 0 heterocycles. The summed E-state index contributed by atoms with van der Waals surface area (Å²) in [5.41, 5.74) is 0.555. The number of benzene rings is 1. The molecule has 3 N–H and O–H groups in total. The van der Waals surface area contributed by atoms with Crippen molar-refractivity contribution >= 4 is 11.6 Å². The molecule has 0 atom stereocenters. The van der Waals surface area contributed by atoms with Crippen molar-refractivity contribution < 1.29 is 19.0 Å². The fourth-order valence-electron chi connectivity index (χ4n) is 1.25. The zero-order valence-corrected chi connectivity index (χ0v) is 9.99. The van der Waals surface area contributed by atoms with Gasteiger partial charge in [0.1, 0.15) is 5.82 Å². The van der Waals surface area contributed by atoms with Gasteiger partial charge in [-0.15, -0.1) is 0 Å². The summed E-state index contributed by atoms with van der Waals surface area (Å²) in [7, 11) is 0. The van der Waals surface area contributed by atoms with Gasteiger partial charge in [-0.1, -0.05) is 0 Å². The summed E-state index contributed by atoms with van der Waals surface area (Å²) < 4.78 is 17.6. The first kappa shape index (κ1) is 14.6. The summed E-state index contributed by atoms with van der Waals surface area (Å²) in [6.07, 6.45) is 0. The van der Waals surface area contributed by atoms with Crippen molar-refractivity contribution in [3.8, 4) is 0 Å². The maximum Gasteiger partial charge on any atom is 0.238 e. The molecule has 1 rings (SSSR count). The summed E-state index contributed by atoms with van der Waals surface area (Å²) in [4.78, 5) is 11.4. The fraction of sp³-hybridized carbons (Fsp3) is 0.417. The number of halogens is 1. The topological polar surface area (TPSA) is 70.6 Å². The van der Waals surface area contributed by atoms with E-state index < -0.39 is 0 Å². The lowest BCUT2D eigenvalue weighted by molar-refractivity contribution is -0.115. The lowest BCUT2D eigenvalue weighted by Gasteiger charge is -2.07. The van der Waals surface area contributed by atoms with Crippen molar-refractivity contribution in [1.82, 2.24) is 5.32 Å². The maximum atomic E-state index is 12.6. The van der Waals surface area contributed by atoms with E-state index in [4.69, 9.17) is 9.84 Å². The Hall–Kier alpha value is -1.50. The highest BCUT2D eigenvalue weighted by Crippen LogP contribution is 2.07. The van der Waals surface area contributed by atoms with Gasteiger partial charge in [-0.05, 0) is 24.3 Å². The highest BCUT2D eigenvalue weighted by Gasteiger charge is 2.01. The number of aliphatic hydroxyl groups excluding tert-OH is 1. The standard InChI is InChI=1S/C12H17FN2O3/c13-10-1-3-11(4-2-10)15-12(17)9-14-5-7-18-8-6-16/h1-4,14,16H,5-9H2,(H,15,17). The maximum absolute atomic E-state index is 12.6. The van der Waals surface area contributed by atoms with E-state index >= 15 is 0 Å². The summed E-state index contributed by atoms with van der Waals surface area (Å²) in [5.74, 6) is -0.545. The average Bonchev–Trinajstić information content (AvgIpc) is 2.36. The third-order valence-electron chi connectivity index (χ3n) is 2.07. The molecule has 18 heavy (non-hydrogen) atoms. The van der Waals surface area contributed by atoms with Crippen molar-refractivity contribution in [2.24, 2.45) is 0 Å². The molecule has 0 fully saturated rings. The zero-order valence-electron chi connectivity index (χ0n) is 9.99. The van der Waals surface area contributed by atoms with E-state index in [9.17, 15) is 9.18 Å². The van der Waals surface area contributed by atoms with Crippen LogP contribution < -0.4 is 10.6 Å². The number of rotatable bonds is 8. The van der Waals surface area contributed by atoms with Gasteiger partial charge in [-0.2, -0.15) is 0 Å². The monoisotopic (exact) mass is 256 g/mol. The highest BCUT2D eigenvalue weighted by atomic mass is 19.1. The van der Waals surface area contributed by atoms with E-state index in [1.165, 1.54) is 24.3 Å². The van der Waals surface area contributed by atoms with Crippen LogP contribution in [0.1, 0.15) is 0 Å². The van der Waals surface area contributed by atoms with Crippen molar-refractivity contribution in [2.75, 3.05) is 38.2 Å². The van der Waals surface area contributed by atoms with Gasteiger partial charge in [0.05, 0.1) is 26.4 Å². The molecule has 0 aliphatic carbocycles. The Kier molecular flexibility index (Phi) is 6.93. The first-order valence-corrected chi connectivity index (χ1v) is 5.67. The average molecular weight is 256 g/mol. The van der Waals surface area contributed by atoms with Gasteiger partial charge in [-0.3, -0.25) is 4.79 Å².